The Balaban J connectivity index is 2.05. The Morgan fingerprint density at radius 3 is 2.90 bits per heavy atom. The van der Waals surface area contributed by atoms with E-state index < -0.39 is 0 Å². The standard InChI is InChI=1S/C15H19ClFN3/c1-2-7-20-8-6-19-15(20)10-11(18)9-12-13(16)4-3-5-14(12)17/h3-6,8,11H,2,7,9-10,18H2,1H3. The monoisotopic (exact) mass is 295 g/mol. The first-order chi connectivity index (χ1) is 9.61. The number of halogens is 2. The van der Waals surface area contributed by atoms with E-state index in [1.54, 1.807) is 18.3 Å². The van der Waals surface area contributed by atoms with Gasteiger partial charge in [-0.2, -0.15) is 0 Å². The molecule has 0 aliphatic rings. The molecule has 5 heteroatoms. The van der Waals surface area contributed by atoms with Crippen LogP contribution in [0.3, 0.4) is 0 Å². The third kappa shape index (κ3) is 3.58. The van der Waals surface area contributed by atoms with Crippen LogP contribution < -0.4 is 5.73 Å². The van der Waals surface area contributed by atoms with Crippen molar-refractivity contribution in [2.45, 2.75) is 38.8 Å². The minimum atomic E-state index is -0.301. The largest absolute Gasteiger partial charge is 0.335 e. The maximum Gasteiger partial charge on any atom is 0.127 e. The van der Waals surface area contributed by atoms with Crippen molar-refractivity contribution in [2.24, 2.45) is 5.73 Å². The minimum absolute atomic E-state index is 0.206. The van der Waals surface area contributed by atoms with Crippen molar-refractivity contribution in [1.82, 2.24) is 9.55 Å². The summed E-state index contributed by atoms with van der Waals surface area (Å²) in [6.45, 7) is 3.03. The molecule has 2 aromatic rings. The Hall–Kier alpha value is -1.39. The van der Waals surface area contributed by atoms with E-state index in [-0.39, 0.29) is 11.9 Å². The lowest BCUT2D eigenvalue weighted by Gasteiger charge is -2.14. The molecule has 0 amide bonds. The fourth-order valence-electron chi connectivity index (χ4n) is 2.27. The number of imidazole rings is 1. The molecule has 0 spiro atoms. The van der Waals surface area contributed by atoms with Gasteiger partial charge in [-0.3, -0.25) is 0 Å². The molecule has 0 fully saturated rings. The summed E-state index contributed by atoms with van der Waals surface area (Å²) in [6.07, 6.45) is 5.77. The summed E-state index contributed by atoms with van der Waals surface area (Å²) >= 11 is 6.02. The van der Waals surface area contributed by atoms with Gasteiger partial charge in [-0.25, -0.2) is 9.37 Å². The molecule has 1 aromatic heterocycles. The molecule has 2 N–H and O–H groups in total. The average molecular weight is 296 g/mol. The van der Waals surface area contributed by atoms with E-state index in [0.29, 0.717) is 23.4 Å². The van der Waals surface area contributed by atoms with Crippen LogP contribution in [0.15, 0.2) is 30.6 Å². The van der Waals surface area contributed by atoms with Gasteiger partial charge in [0.25, 0.3) is 0 Å². The molecule has 0 aliphatic heterocycles. The second-order valence-electron chi connectivity index (χ2n) is 4.91. The van der Waals surface area contributed by atoms with E-state index in [1.807, 2.05) is 6.20 Å². The maximum absolute atomic E-state index is 13.7. The number of benzene rings is 1. The predicted molar refractivity (Wildman–Crippen MR) is 79.3 cm³/mol. The number of nitrogens with zero attached hydrogens (tertiary/aromatic N) is 2. The van der Waals surface area contributed by atoms with Gasteiger partial charge in [0.1, 0.15) is 11.6 Å². The van der Waals surface area contributed by atoms with Crippen molar-refractivity contribution < 1.29 is 4.39 Å². The molecule has 0 bridgehead atoms. The van der Waals surface area contributed by atoms with E-state index in [2.05, 4.69) is 16.5 Å². The summed E-state index contributed by atoms with van der Waals surface area (Å²) in [5.41, 5.74) is 6.60. The Morgan fingerprint density at radius 1 is 1.40 bits per heavy atom. The Kier molecular flexibility index (Phi) is 5.15. The molecular formula is C15H19ClFN3. The number of nitrogens with two attached hydrogens (primary N) is 1. The van der Waals surface area contributed by atoms with Crippen LogP contribution in [-0.2, 0) is 19.4 Å². The van der Waals surface area contributed by atoms with Gasteiger partial charge in [-0.15, -0.1) is 0 Å². The highest BCUT2D eigenvalue weighted by molar-refractivity contribution is 6.31. The molecule has 20 heavy (non-hydrogen) atoms. The van der Waals surface area contributed by atoms with Gasteiger partial charge in [0.15, 0.2) is 0 Å². The molecule has 0 aliphatic carbocycles. The molecular weight excluding hydrogens is 277 g/mol. The zero-order valence-electron chi connectivity index (χ0n) is 11.5. The lowest BCUT2D eigenvalue weighted by atomic mass is 10.0. The normalized spacial score (nSPS) is 12.6. The number of hydrogen-bond acceptors (Lipinski definition) is 2. The molecule has 3 nitrogen and oxygen atoms in total. The summed E-state index contributed by atoms with van der Waals surface area (Å²) in [6, 6.07) is 4.49. The third-order valence-electron chi connectivity index (χ3n) is 3.24. The zero-order valence-corrected chi connectivity index (χ0v) is 12.3. The number of hydrogen-bond donors (Lipinski definition) is 1. The molecule has 1 aromatic carbocycles. The summed E-state index contributed by atoms with van der Waals surface area (Å²) in [7, 11) is 0. The van der Waals surface area contributed by atoms with Crippen LogP contribution >= 0.6 is 11.6 Å². The second-order valence-corrected chi connectivity index (χ2v) is 5.31. The lowest BCUT2D eigenvalue weighted by Crippen LogP contribution is -2.27. The van der Waals surface area contributed by atoms with Gasteiger partial charge < -0.3 is 10.3 Å². The molecule has 0 saturated heterocycles. The third-order valence-corrected chi connectivity index (χ3v) is 3.59. The Morgan fingerprint density at radius 2 is 2.20 bits per heavy atom. The number of aryl methyl sites for hydroxylation is 1. The molecule has 1 heterocycles. The van der Waals surface area contributed by atoms with Gasteiger partial charge in [-0.1, -0.05) is 24.6 Å². The van der Waals surface area contributed by atoms with E-state index in [0.717, 1.165) is 18.8 Å². The van der Waals surface area contributed by atoms with Gasteiger partial charge in [0.05, 0.1) is 0 Å². The van der Waals surface area contributed by atoms with Crippen molar-refractivity contribution in [1.29, 1.82) is 0 Å². The van der Waals surface area contributed by atoms with E-state index in [1.165, 1.54) is 6.07 Å². The quantitative estimate of drug-likeness (QED) is 0.889. The first kappa shape index (κ1) is 15.0. The SMILES string of the molecule is CCCn1ccnc1CC(N)Cc1c(F)cccc1Cl. The average Bonchev–Trinajstić information content (AvgIpc) is 2.82. The molecule has 0 saturated carbocycles. The second kappa shape index (κ2) is 6.86. The van der Waals surface area contributed by atoms with Crippen LogP contribution in [0.25, 0.3) is 0 Å². The fraction of sp³-hybridized carbons (Fsp3) is 0.400. The van der Waals surface area contributed by atoms with E-state index in [4.69, 9.17) is 17.3 Å². The zero-order chi connectivity index (χ0) is 14.5. The summed E-state index contributed by atoms with van der Waals surface area (Å²) < 4.78 is 15.8. The lowest BCUT2D eigenvalue weighted by molar-refractivity contribution is 0.559. The first-order valence-corrected chi connectivity index (χ1v) is 7.18. The summed E-state index contributed by atoms with van der Waals surface area (Å²) in [5.74, 6) is 0.636. The maximum atomic E-state index is 13.7. The molecule has 1 unspecified atom stereocenters. The molecule has 2 rings (SSSR count). The van der Waals surface area contributed by atoms with Crippen molar-refractivity contribution in [2.75, 3.05) is 0 Å². The molecule has 1 atom stereocenters. The van der Waals surface area contributed by atoms with Crippen LogP contribution in [0.5, 0.6) is 0 Å². The fourth-order valence-corrected chi connectivity index (χ4v) is 2.51. The minimum Gasteiger partial charge on any atom is -0.335 e. The van der Waals surface area contributed by atoms with Gasteiger partial charge in [0.2, 0.25) is 0 Å². The van der Waals surface area contributed by atoms with E-state index >= 15 is 0 Å². The van der Waals surface area contributed by atoms with Crippen LogP contribution in [0, 0.1) is 5.82 Å². The van der Waals surface area contributed by atoms with Crippen LogP contribution in [0.4, 0.5) is 4.39 Å². The number of aromatic nitrogens is 2. The Bertz CT molecular complexity index is 548. The summed E-state index contributed by atoms with van der Waals surface area (Å²) in [4.78, 5) is 4.32. The highest BCUT2D eigenvalue weighted by Gasteiger charge is 2.14. The van der Waals surface area contributed by atoms with E-state index in [9.17, 15) is 4.39 Å². The highest BCUT2D eigenvalue weighted by Crippen LogP contribution is 2.20. The smallest absolute Gasteiger partial charge is 0.127 e. The molecule has 0 radical (unpaired) electrons. The van der Waals surface area contributed by atoms with Crippen LogP contribution in [0.1, 0.15) is 24.7 Å². The Labute approximate surface area is 123 Å². The van der Waals surface area contributed by atoms with Crippen molar-refractivity contribution >= 4 is 11.6 Å². The highest BCUT2D eigenvalue weighted by atomic mass is 35.5. The molecule has 108 valence electrons. The van der Waals surface area contributed by atoms with Crippen LogP contribution in [-0.4, -0.2) is 15.6 Å². The predicted octanol–water partition coefficient (Wildman–Crippen LogP) is 3.20. The van der Waals surface area contributed by atoms with Crippen LogP contribution in [0.2, 0.25) is 5.02 Å². The van der Waals surface area contributed by atoms with Crippen molar-refractivity contribution in [3.8, 4) is 0 Å². The van der Waals surface area contributed by atoms with Crippen molar-refractivity contribution in [3.05, 3.63) is 52.8 Å². The van der Waals surface area contributed by atoms with Gasteiger partial charge in [0, 0.05) is 42.0 Å². The first-order valence-electron chi connectivity index (χ1n) is 6.80. The number of rotatable bonds is 6. The topological polar surface area (TPSA) is 43.8 Å². The summed E-state index contributed by atoms with van der Waals surface area (Å²) in [5, 5.41) is 0.428. The van der Waals surface area contributed by atoms with Gasteiger partial charge in [-0.05, 0) is 25.0 Å². The van der Waals surface area contributed by atoms with Gasteiger partial charge >= 0.3 is 0 Å². The van der Waals surface area contributed by atoms with Crippen molar-refractivity contribution in [3.63, 3.8) is 0 Å².